The Morgan fingerprint density at radius 2 is 1.24 bits per heavy atom. The smallest absolute Gasteiger partial charge is 0.0125 e. The molecule has 88 valence electrons. The van der Waals surface area contributed by atoms with E-state index in [1.165, 1.54) is 20.9 Å². The first-order valence-electron chi connectivity index (χ1n) is 6.17. The van der Waals surface area contributed by atoms with E-state index < -0.39 is 0 Å². The molecule has 0 atom stereocenters. The molecule has 0 bridgehead atoms. The van der Waals surface area contributed by atoms with Crippen molar-refractivity contribution in [1.82, 2.24) is 0 Å². The number of hydrogen-bond acceptors (Lipinski definition) is 1. The summed E-state index contributed by atoms with van der Waals surface area (Å²) in [6.07, 6.45) is 2.20. The number of rotatable bonds is 4. The highest BCUT2D eigenvalue weighted by Gasteiger charge is 1.99. The maximum absolute atomic E-state index is 2.28. The van der Waals surface area contributed by atoms with Gasteiger partial charge in [-0.1, -0.05) is 49.9 Å². The first-order chi connectivity index (χ1) is 8.31. The van der Waals surface area contributed by atoms with Crippen LogP contribution >= 0.6 is 11.8 Å². The predicted octanol–water partition coefficient (Wildman–Crippen LogP) is 4.96. The summed E-state index contributed by atoms with van der Waals surface area (Å²) in [4.78, 5) is 2.66. The Kier molecular flexibility index (Phi) is 4.27. The summed E-state index contributed by atoms with van der Waals surface area (Å²) in [5, 5.41) is 0. The van der Waals surface area contributed by atoms with E-state index in [0.29, 0.717) is 0 Å². The van der Waals surface area contributed by atoms with E-state index in [0.717, 1.165) is 12.8 Å². The molecule has 2 aromatic carbocycles. The van der Waals surface area contributed by atoms with Crippen LogP contribution in [0.4, 0.5) is 0 Å². The molecule has 0 radical (unpaired) electrons. The maximum Gasteiger partial charge on any atom is 0.0125 e. The molecular weight excluding hydrogens is 224 g/mol. The largest absolute Gasteiger partial charge is 0.0901 e. The van der Waals surface area contributed by atoms with Crippen LogP contribution < -0.4 is 0 Å². The summed E-state index contributed by atoms with van der Waals surface area (Å²) in [7, 11) is 0. The standard InChI is InChI=1S/C16H18S/c1-3-13-7-5-9-15(11-13)17-16-10-6-8-14(4-2)12-16/h5-12H,3-4H2,1-2H3. The van der Waals surface area contributed by atoms with Crippen molar-refractivity contribution in [3.05, 3.63) is 59.7 Å². The van der Waals surface area contributed by atoms with Gasteiger partial charge in [0.05, 0.1) is 0 Å². The Morgan fingerprint density at radius 1 is 0.765 bits per heavy atom. The summed E-state index contributed by atoms with van der Waals surface area (Å²) in [5.74, 6) is 0. The molecule has 2 rings (SSSR count). The highest BCUT2D eigenvalue weighted by Crippen LogP contribution is 2.28. The normalized spacial score (nSPS) is 10.5. The quantitative estimate of drug-likeness (QED) is 0.730. The lowest BCUT2D eigenvalue weighted by Crippen LogP contribution is -1.82. The molecular formula is C16H18S. The average Bonchev–Trinajstić information content (AvgIpc) is 2.39. The monoisotopic (exact) mass is 242 g/mol. The van der Waals surface area contributed by atoms with Crippen molar-refractivity contribution in [3.8, 4) is 0 Å². The highest BCUT2D eigenvalue weighted by atomic mass is 32.2. The van der Waals surface area contributed by atoms with Crippen LogP contribution in [0.5, 0.6) is 0 Å². The van der Waals surface area contributed by atoms with Gasteiger partial charge >= 0.3 is 0 Å². The molecule has 0 aliphatic heterocycles. The van der Waals surface area contributed by atoms with Crippen LogP contribution in [-0.4, -0.2) is 0 Å². The molecule has 17 heavy (non-hydrogen) atoms. The minimum atomic E-state index is 1.10. The minimum absolute atomic E-state index is 1.10. The molecule has 0 unspecified atom stereocenters. The fraction of sp³-hybridized carbons (Fsp3) is 0.250. The summed E-state index contributed by atoms with van der Waals surface area (Å²) in [6.45, 7) is 4.39. The van der Waals surface area contributed by atoms with Gasteiger partial charge in [-0.05, 0) is 48.2 Å². The van der Waals surface area contributed by atoms with Crippen LogP contribution in [0, 0.1) is 0 Å². The van der Waals surface area contributed by atoms with Crippen molar-refractivity contribution in [2.24, 2.45) is 0 Å². The third kappa shape index (κ3) is 3.37. The number of aryl methyl sites for hydroxylation is 2. The lowest BCUT2D eigenvalue weighted by molar-refractivity contribution is 1.12. The molecule has 0 fully saturated rings. The fourth-order valence-corrected chi connectivity index (χ4v) is 2.78. The third-order valence-corrected chi connectivity index (χ3v) is 3.83. The van der Waals surface area contributed by atoms with Crippen LogP contribution in [0.1, 0.15) is 25.0 Å². The molecule has 0 aliphatic carbocycles. The second-order valence-corrected chi connectivity index (χ2v) is 5.25. The van der Waals surface area contributed by atoms with E-state index in [4.69, 9.17) is 0 Å². The average molecular weight is 242 g/mol. The zero-order valence-corrected chi connectivity index (χ0v) is 11.3. The van der Waals surface area contributed by atoms with E-state index in [1.807, 2.05) is 11.8 Å². The van der Waals surface area contributed by atoms with E-state index in [9.17, 15) is 0 Å². The molecule has 0 N–H and O–H groups in total. The first kappa shape index (κ1) is 12.3. The van der Waals surface area contributed by atoms with Crippen LogP contribution in [-0.2, 0) is 12.8 Å². The van der Waals surface area contributed by atoms with E-state index >= 15 is 0 Å². The summed E-state index contributed by atoms with van der Waals surface area (Å²) < 4.78 is 0. The van der Waals surface area contributed by atoms with E-state index in [2.05, 4.69) is 62.4 Å². The summed E-state index contributed by atoms with van der Waals surface area (Å²) in [6, 6.07) is 17.6. The van der Waals surface area contributed by atoms with Crippen LogP contribution in [0.3, 0.4) is 0 Å². The maximum atomic E-state index is 2.28. The van der Waals surface area contributed by atoms with Crippen molar-refractivity contribution < 1.29 is 0 Å². The fourth-order valence-electron chi connectivity index (χ4n) is 1.79. The van der Waals surface area contributed by atoms with Gasteiger partial charge in [0.15, 0.2) is 0 Å². The highest BCUT2D eigenvalue weighted by molar-refractivity contribution is 7.99. The summed E-state index contributed by atoms with van der Waals surface area (Å²) in [5.41, 5.74) is 2.81. The Labute approximate surface area is 108 Å². The van der Waals surface area contributed by atoms with Crippen molar-refractivity contribution in [2.75, 3.05) is 0 Å². The number of hydrogen-bond donors (Lipinski definition) is 0. The van der Waals surface area contributed by atoms with Crippen molar-refractivity contribution in [3.63, 3.8) is 0 Å². The van der Waals surface area contributed by atoms with Crippen LogP contribution in [0.2, 0.25) is 0 Å². The molecule has 0 heterocycles. The van der Waals surface area contributed by atoms with Gasteiger partial charge < -0.3 is 0 Å². The van der Waals surface area contributed by atoms with Gasteiger partial charge in [0, 0.05) is 9.79 Å². The van der Waals surface area contributed by atoms with Crippen molar-refractivity contribution >= 4 is 11.8 Å². The van der Waals surface area contributed by atoms with E-state index in [-0.39, 0.29) is 0 Å². The van der Waals surface area contributed by atoms with Crippen LogP contribution in [0.15, 0.2) is 58.3 Å². The van der Waals surface area contributed by atoms with Gasteiger partial charge in [0.25, 0.3) is 0 Å². The zero-order valence-electron chi connectivity index (χ0n) is 10.4. The Balaban J connectivity index is 2.18. The number of benzene rings is 2. The molecule has 0 amide bonds. The lowest BCUT2D eigenvalue weighted by Gasteiger charge is -2.05. The van der Waals surface area contributed by atoms with Crippen molar-refractivity contribution in [1.29, 1.82) is 0 Å². The SMILES string of the molecule is CCc1cccc(Sc2cccc(CC)c2)c1. The molecule has 0 saturated carbocycles. The molecule has 0 nitrogen and oxygen atoms in total. The second-order valence-electron chi connectivity index (χ2n) is 4.10. The second kappa shape index (κ2) is 5.92. The molecule has 1 heteroatoms. The minimum Gasteiger partial charge on any atom is -0.0901 e. The van der Waals surface area contributed by atoms with Gasteiger partial charge in [-0.2, -0.15) is 0 Å². The summed E-state index contributed by atoms with van der Waals surface area (Å²) >= 11 is 1.85. The Bertz CT molecular complexity index is 443. The zero-order chi connectivity index (χ0) is 12.1. The molecule has 0 saturated heterocycles. The Morgan fingerprint density at radius 3 is 1.65 bits per heavy atom. The van der Waals surface area contributed by atoms with Gasteiger partial charge in [-0.3, -0.25) is 0 Å². The van der Waals surface area contributed by atoms with E-state index in [1.54, 1.807) is 0 Å². The van der Waals surface area contributed by atoms with Gasteiger partial charge in [0.2, 0.25) is 0 Å². The van der Waals surface area contributed by atoms with Gasteiger partial charge in [-0.15, -0.1) is 0 Å². The Hall–Kier alpha value is -1.21. The first-order valence-corrected chi connectivity index (χ1v) is 6.99. The molecule has 0 spiro atoms. The molecule has 0 aliphatic rings. The molecule has 2 aromatic rings. The predicted molar refractivity (Wildman–Crippen MR) is 75.8 cm³/mol. The third-order valence-electron chi connectivity index (χ3n) is 2.85. The van der Waals surface area contributed by atoms with Gasteiger partial charge in [-0.25, -0.2) is 0 Å². The topological polar surface area (TPSA) is 0 Å². The molecule has 0 aromatic heterocycles. The lowest BCUT2D eigenvalue weighted by atomic mass is 10.2. The van der Waals surface area contributed by atoms with Crippen molar-refractivity contribution in [2.45, 2.75) is 36.5 Å². The van der Waals surface area contributed by atoms with Gasteiger partial charge in [0.1, 0.15) is 0 Å². The van der Waals surface area contributed by atoms with Crippen LogP contribution in [0.25, 0.3) is 0 Å².